The molecule has 4 N–H and O–H groups in total. The van der Waals surface area contributed by atoms with Gasteiger partial charge in [0.25, 0.3) is 0 Å². The molecule has 0 saturated heterocycles. The van der Waals surface area contributed by atoms with Gasteiger partial charge in [-0.25, -0.2) is 0 Å². The highest BCUT2D eigenvalue weighted by molar-refractivity contribution is 5.86. The van der Waals surface area contributed by atoms with Crippen LogP contribution >= 0.6 is 0 Å². The summed E-state index contributed by atoms with van der Waals surface area (Å²) in [6.45, 7) is 2.59. The van der Waals surface area contributed by atoms with E-state index in [0.29, 0.717) is 13.0 Å². The fraction of sp³-hybridized carbons (Fsp3) is 0.273. The Hall–Kier alpha value is -2.20. The van der Waals surface area contributed by atoms with Gasteiger partial charge in [-0.1, -0.05) is 72.8 Å². The third-order valence-corrected chi connectivity index (χ3v) is 4.73. The normalized spacial score (nSPS) is 15.0. The number of aliphatic hydroxyl groups is 1. The van der Waals surface area contributed by atoms with Crippen molar-refractivity contribution in [2.45, 2.75) is 31.5 Å². The molecule has 0 aliphatic rings. The molecular weight excluding hydrogens is 308 g/mol. The summed E-state index contributed by atoms with van der Waals surface area (Å²) in [5.74, 6) is 0. The highest BCUT2D eigenvalue weighted by Gasteiger charge is 2.17. The summed E-state index contributed by atoms with van der Waals surface area (Å²) in [6, 6.07) is 24.6. The van der Waals surface area contributed by atoms with E-state index in [-0.39, 0.29) is 12.1 Å². The highest BCUT2D eigenvalue weighted by atomic mass is 16.3. The van der Waals surface area contributed by atoms with E-state index in [1.165, 1.54) is 16.3 Å². The van der Waals surface area contributed by atoms with Crippen LogP contribution in [0.3, 0.4) is 0 Å². The van der Waals surface area contributed by atoms with Crippen LogP contribution in [0.4, 0.5) is 0 Å². The van der Waals surface area contributed by atoms with E-state index in [2.05, 4.69) is 54.7 Å². The van der Waals surface area contributed by atoms with Crippen molar-refractivity contribution in [2.75, 3.05) is 6.54 Å². The van der Waals surface area contributed by atoms with Crippen molar-refractivity contribution in [3.63, 3.8) is 0 Å². The van der Waals surface area contributed by atoms with Crippen LogP contribution in [0.1, 0.15) is 24.1 Å². The van der Waals surface area contributed by atoms with Gasteiger partial charge in [0.2, 0.25) is 0 Å². The van der Waals surface area contributed by atoms with Gasteiger partial charge in [0.05, 0.1) is 6.10 Å². The summed E-state index contributed by atoms with van der Waals surface area (Å²) in [5.41, 5.74) is 8.56. The molecule has 3 atom stereocenters. The summed E-state index contributed by atoms with van der Waals surface area (Å²) in [4.78, 5) is 0. The zero-order valence-electron chi connectivity index (χ0n) is 14.6. The zero-order chi connectivity index (χ0) is 17.6. The van der Waals surface area contributed by atoms with Gasteiger partial charge in [0, 0.05) is 18.6 Å². The molecule has 0 spiro atoms. The predicted octanol–water partition coefficient (Wildman–Crippen LogP) is 3.42. The molecule has 0 amide bonds. The third-order valence-electron chi connectivity index (χ3n) is 4.73. The molecule has 3 aromatic rings. The van der Waals surface area contributed by atoms with E-state index in [0.717, 1.165) is 5.56 Å². The summed E-state index contributed by atoms with van der Waals surface area (Å²) < 4.78 is 0. The standard InChI is InChI=1S/C22H26N2O/c1-16(19-13-7-11-18-10-5-6-12-20(18)19)24-15-22(25)21(23)14-17-8-3-2-4-9-17/h2-13,16,21-22,24-25H,14-15,23H2,1H3/t16-,21?,22-/m0/s1. The van der Waals surface area contributed by atoms with Crippen LogP contribution in [0.2, 0.25) is 0 Å². The Labute approximate surface area is 149 Å². The summed E-state index contributed by atoms with van der Waals surface area (Å²) in [7, 11) is 0. The Morgan fingerprint density at radius 2 is 1.60 bits per heavy atom. The maximum atomic E-state index is 10.4. The van der Waals surface area contributed by atoms with E-state index < -0.39 is 6.10 Å². The van der Waals surface area contributed by atoms with Crippen molar-refractivity contribution in [3.8, 4) is 0 Å². The van der Waals surface area contributed by atoms with Crippen molar-refractivity contribution in [3.05, 3.63) is 83.9 Å². The molecule has 0 saturated carbocycles. The number of aliphatic hydroxyl groups excluding tert-OH is 1. The van der Waals surface area contributed by atoms with Gasteiger partial charge in [-0.2, -0.15) is 0 Å². The first-order valence-corrected chi connectivity index (χ1v) is 8.84. The summed E-state index contributed by atoms with van der Waals surface area (Å²) >= 11 is 0. The van der Waals surface area contributed by atoms with Crippen LogP contribution in [0.15, 0.2) is 72.8 Å². The Morgan fingerprint density at radius 3 is 2.40 bits per heavy atom. The molecule has 130 valence electrons. The molecule has 0 aliphatic carbocycles. The van der Waals surface area contributed by atoms with E-state index in [4.69, 9.17) is 5.73 Å². The van der Waals surface area contributed by atoms with Crippen LogP contribution in [0.25, 0.3) is 10.8 Å². The van der Waals surface area contributed by atoms with Gasteiger partial charge < -0.3 is 16.2 Å². The van der Waals surface area contributed by atoms with Crippen molar-refractivity contribution >= 4 is 10.8 Å². The minimum atomic E-state index is -0.586. The Morgan fingerprint density at radius 1 is 0.920 bits per heavy atom. The monoisotopic (exact) mass is 334 g/mol. The lowest BCUT2D eigenvalue weighted by atomic mass is 9.98. The van der Waals surface area contributed by atoms with Crippen LogP contribution in [-0.4, -0.2) is 23.8 Å². The molecule has 0 aromatic heterocycles. The number of rotatable bonds is 7. The summed E-state index contributed by atoms with van der Waals surface area (Å²) in [5, 5.41) is 16.3. The second kappa shape index (κ2) is 8.26. The van der Waals surface area contributed by atoms with Gasteiger partial charge in [0.1, 0.15) is 0 Å². The lowest BCUT2D eigenvalue weighted by Crippen LogP contribution is -2.43. The molecule has 1 unspecified atom stereocenters. The van der Waals surface area contributed by atoms with Gasteiger partial charge in [0.15, 0.2) is 0 Å². The van der Waals surface area contributed by atoms with Gasteiger partial charge >= 0.3 is 0 Å². The minimum absolute atomic E-state index is 0.143. The molecule has 3 nitrogen and oxygen atoms in total. The van der Waals surface area contributed by atoms with Gasteiger partial charge in [-0.3, -0.25) is 0 Å². The van der Waals surface area contributed by atoms with Gasteiger partial charge in [-0.05, 0) is 35.2 Å². The average molecular weight is 334 g/mol. The number of benzene rings is 3. The van der Waals surface area contributed by atoms with E-state index in [1.807, 2.05) is 30.3 Å². The number of nitrogens with one attached hydrogen (secondary N) is 1. The molecular formula is C22H26N2O. The van der Waals surface area contributed by atoms with Crippen LogP contribution in [0, 0.1) is 0 Å². The molecule has 0 fully saturated rings. The maximum absolute atomic E-state index is 10.4. The minimum Gasteiger partial charge on any atom is -0.390 e. The van der Waals surface area contributed by atoms with E-state index in [9.17, 15) is 5.11 Å². The SMILES string of the molecule is C[C@H](NC[C@H](O)C(N)Cc1ccccc1)c1cccc2ccccc12. The highest BCUT2D eigenvalue weighted by Crippen LogP contribution is 2.24. The molecule has 0 heterocycles. The maximum Gasteiger partial charge on any atom is 0.0818 e. The number of nitrogens with two attached hydrogens (primary N) is 1. The lowest BCUT2D eigenvalue weighted by Gasteiger charge is -2.23. The average Bonchev–Trinajstić information content (AvgIpc) is 2.66. The first-order valence-electron chi connectivity index (χ1n) is 8.84. The molecule has 0 aliphatic heterocycles. The molecule has 3 aromatic carbocycles. The first kappa shape index (κ1) is 17.6. The Kier molecular flexibility index (Phi) is 5.82. The van der Waals surface area contributed by atoms with E-state index >= 15 is 0 Å². The number of hydrogen-bond donors (Lipinski definition) is 3. The van der Waals surface area contributed by atoms with Crippen LogP contribution in [0.5, 0.6) is 0 Å². The van der Waals surface area contributed by atoms with Crippen molar-refractivity contribution < 1.29 is 5.11 Å². The first-order chi connectivity index (χ1) is 12.1. The Bertz CT molecular complexity index is 798. The molecule has 25 heavy (non-hydrogen) atoms. The molecule has 3 rings (SSSR count). The smallest absolute Gasteiger partial charge is 0.0818 e. The van der Waals surface area contributed by atoms with Gasteiger partial charge in [-0.15, -0.1) is 0 Å². The topological polar surface area (TPSA) is 58.3 Å². The van der Waals surface area contributed by atoms with E-state index in [1.54, 1.807) is 0 Å². The lowest BCUT2D eigenvalue weighted by molar-refractivity contribution is 0.138. The van der Waals surface area contributed by atoms with Crippen LogP contribution in [-0.2, 0) is 6.42 Å². The predicted molar refractivity (Wildman–Crippen MR) is 104 cm³/mol. The molecule has 0 bridgehead atoms. The largest absolute Gasteiger partial charge is 0.390 e. The van der Waals surface area contributed by atoms with Crippen molar-refractivity contribution in [1.29, 1.82) is 0 Å². The fourth-order valence-electron chi connectivity index (χ4n) is 3.21. The Balaban J connectivity index is 1.60. The number of fused-ring (bicyclic) bond motifs is 1. The molecule has 0 radical (unpaired) electrons. The quantitative estimate of drug-likeness (QED) is 0.620. The third kappa shape index (κ3) is 4.45. The van der Waals surface area contributed by atoms with Crippen molar-refractivity contribution in [1.82, 2.24) is 5.32 Å². The second-order valence-corrected chi connectivity index (χ2v) is 6.62. The van der Waals surface area contributed by atoms with Crippen molar-refractivity contribution in [2.24, 2.45) is 5.73 Å². The fourth-order valence-corrected chi connectivity index (χ4v) is 3.21. The van der Waals surface area contributed by atoms with Crippen LogP contribution < -0.4 is 11.1 Å². The second-order valence-electron chi connectivity index (χ2n) is 6.62. The molecule has 3 heteroatoms. The zero-order valence-corrected chi connectivity index (χ0v) is 14.6. The number of hydrogen-bond acceptors (Lipinski definition) is 3. The summed E-state index contributed by atoms with van der Waals surface area (Å²) in [6.07, 6.45) is 0.0874.